The second kappa shape index (κ2) is 6.56. The molecule has 1 N–H and O–H groups in total. The number of benzene rings is 1. The molecule has 1 aromatic rings. The van der Waals surface area contributed by atoms with Gasteiger partial charge >= 0.3 is 0 Å². The fourth-order valence-corrected chi connectivity index (χ4v) is 2.81. The molecule has 1 fully saturated rings. The van der Waals surface area contributed by atoms with E-state index >= 15 is 0 Å². The van der Waals surface area contributed by atoms with Gasteiger partial charge < -0.3 is 10.2 Å². The number of nitrogens with zero attached hydrogens (tertiary/aromatic N) is 1. The number of hydrogen-bond donors (Lipinski definition) is 1. The average Bonchev–Trinajstić information content (AvgIpc) is 2.42. The average molecular weight is 386 g/mol. The molecule has 1 heterocycles. The van der Waals surface area contributed by atoms with Gasteiger partial charge in [0.15, 0.2) is 0 Å². The molecular weight excluding hydrogens is 367 g/mol. The molecule has 20 heavy (non-hydrogen) atoms. The van der Waals surface area contributed by atoms with Crippen LogP contribution < -0.4 is 5.32 Å². The summed E-state index contributed by atoms with van der Waals surface area (Å²) >= 11 is 2.25. The monoisotopic (exact) mass is 386 g/mol. The lowest BCUT2D eigenvalue weighted by Crippen LogP contribution is -2.61. The fraction of sp³-hybridized carbons (Fsp3) is 0.467. The zero-order chi connectivity index (χ0) is 14.7. The van der Waals surface area contributed by atoms with Gasteiger partial charge in [0.2, 0.25) is 11.8 Å². The molecule has 1 aliphatic rings. The van der Waals surface area contributed by atoms with Crippen LogP contribution in [0, 0.1) is 3.57 Å². The van der Waals surface area contributed by atoms with Crippen molar-refractivity contribution < 1.29 is 9.59 Å². The molecule has 2 rings (SSSR count). The minimum absolute atomic E-state index is 0.00148. The topological polar surface area (TPSA) is 49.4 Å². The summed E-state index contributed by atoms with van der Waals surface area (Å²) in [7, 11) is 0. The fourth-order valence-electron chi connectivity index (χ4n) is 2.45. The SMILES string of the molecule is CCCC1C(=O)NC(C)C(=O)N1Cc1ccc(I)cc1. The summed E-state index contributed by atoms with van der Waals surface area (Å²) in [5, 5.41) is 2.76. The smallest absolute Gasteiger partial charge is 0.245 e. The van der Waals surface area contributed by atoms with Crippen LogP contribution in [0.2, 0.25) is 0 Å². The molecule has 0 spiro atoms. The van der Waals surface area contributed by atoms with Crippen molar-refractivity contribution in [1.82, 2.24) is 10.2 Å². The van der Waals surface area contributed by atoms with E-state index in [1.165, 1.54) is 0 Å². The largest absolute Gasteiger partial charge is 0.343 e. The molecule has 4 nitrogen and oxygen atoms in total. The van der Waals surface area contributed by atoms with Crippen LogP contribution in [0.5, 0.6) is 0 Å². The van der Waals surface area contributed by atoms with E-state index in [9.17, 15) is 9.59 Å². The van der Waals surface area contributed by atoms with Crippen LogP contribution in [0.15, 0.2) is 24.3 Å². The Morgan fingerprint density at radius 1 is 1.25 bits per heavy atom. The van der Waals surface area contributed by atoms with Gasteiger partial charge in [0.05, 0.1) is 0 Å². The number of hydrogen-bond acceptors (Lipinski definition) is 2. The molecule has 2 unspecified atom stereocenters. The Balaban J connectivity index is 2.21. The Kier molecular flexibility index (Phi) is 5.01. The van der Waals surface area contributed by atoms with E-state index in [2.05, 4.69) is 27.9 Å². The van der Waals surface area contributed by atoms with Crippen molar-refractivity contribution in [1.29, 1.82) is 0 Å². The third-order valence-electron chi connectivity index (χ3n) is 3.52. The summed E-state index contributed by atoms with van der Waals surface area (Å²) in [6, 6.07) is 7.28. The van der Waals surface area contributed by atoms with Gasteiger partial charge in [0.1, 0.15) is 12.1 Å². The minimum atomic E-state index is -0.431. The summed E-state index contributed by atoms with van der Waals surface area (Å²) in [6.07, 6.45) is 1.58. The summed E-state index contributed by atoms with van der Waals surface area (Å²) in [5.41, 5.74) is 1.06. The molecule has 1 aromatic carbocycles. The van der Waals surface area contributed by atoms with Gasteiger partial charge in [0.25, 0.3) is 0 Å². The highest BCUT2D eigenvalue weighted by molar-refractivity contribution is 14.1. The molecule has 0 radical (unpaired) electrons. The lowest BCUT2D eigenvalue weighted by molar-refractivity contribution is -0.149. The lowest BCUT2D eigenvalue weighted by Gasteiger charge is -2.38. The second-order valence-corrected chi connectivity index (χ2v) is 6.37. The van der Waals surface area contributed by atoms with Gasteiger partial charge in [-0.15, -0.1) is 0 Å². The Bertz CT molecular complexity index is 501. The van der Waals surface area contributed by atoms with Gasteiger partial charge in [-0.25, -0.2) is 0 Å². The summed E-state index contributed by atoms with van der Waals surface area (Å²) in [6.45, 7) is 4.26. The van der Waals surface area contributed by atoms with Gasteiger partial charge in [-0.3, -0.25) is 9.59 Å². The highest BCUT2D eigenvalue weighted by atomic mass is 127. The van der Waals surface area contributed by atoms with E-state index in [-0.39, 0.29) is 17.9 Å². The maximum Gasteiger partial charge on any atom is 0.245 e. The summed E-state index contributed by atoms with van der Waals surface area (Å²) in [4.78, 5) is 26.1. The first kappa shape index (κ1) is 15.3. The maximum absolute atomic E-state index is 12.3. The van der Waals surface area contributed by atoms with Crippen LogP contribution in [0.3, 0.4) is 0 Å². The quantitative estimate of drug-likeness (QED) is 0.808. The van der Waals surface area contributed by atoms with Crippen molar-refractivity contribution in [3.63, 3.8) is 0 Å². The predicted molar refractivity (Wildman–Crippen MR) is 86.0 cm³/mol. The van der Waals surface area contributed by atoms with Crippen molar-refractivity contribution in [2.45, 2.75) is 45.3 Å². The standard InChI is InChI=1S/C15H19IN2O2/c1-3-4-13-14(19)17-10(2)15(20)18(13)9-11-5-7-12(16)8-6-11/h5-8,10,13H,3-4,9H2,1-2H3,(H,17,19). The summed E-state index contributed by atoms with van der Waals surface area (Å²) in [5.74, 6) is -0.0361. The van der Waals surface area contributed by atoms with Crippen LogP contribution >= 0.6 is 22.6 Å². The number of halogens is 1. The van der Waals surface area contributed by atoms with Gasteiger partial charge in [-0.1, -0.05) is 25.5 Å². The Labute approximate surface area is 133 Å². The molecular formula is C15H19IN2O2. The van der Waals surface area contributed by atoms with E-state index in [1.807, 2.05) is 31.2 Å². The first-order chi connectivity index (χ1) is 9.52. The normalized spacial score (nSPS) is 22.9. The van der Waals surface area contributed by atoms with E-state index in [1.54, 1.807) is 11.8 Å². The number of nitrogens with one attached hydrogen (secondary N) is 1. The van der Waals surface area contributed by atoms with Gasteiger partial charge in [0, 0.05) is 10.1 Å². The van der Waals surface area contributed by atoms with Crippen molar-refractivity contribution in [3.8, 4) is 0 Å². The van der Waals surface area contributed by atoms with E-state index < -0.39 is 6.04 Å². The van der Waals surface area contributed by atoms with Crippen molar-refractivity contribution >= 4 is 34.4 Å². The number of rotatable bonds is 4. The minimum Gasteiger partial charge on any atom is -0.343 e. The molecule has 0 aliphatic carbocycles. The number of carbonyl (C=O) groups is 2. The van der Waals surface area contributed by atoms with Crippen molar-refractivity contribution in [2.24, 2.45) is 0 Å². The molecule has 108 valence electrons. The Morgan fingerprint density at radius 2 is 1.90 bits per heavy atom. The van der Waals surface area contributed by atoms with Crippen molar-refractivity contribution in [2.75, 3.05) is 0 Å². The maximum atomic E-state index is 12.3. The third-order valence-corrected chi connectivity index (χ3v) is 4.24. The molecule has 0 bridgehead atoms. The van der Waals surface area contributed by atoms with Gasteiger partial charge in [-0.2, -0.15) is 0 Å². The Morgan fingerprint density at radius 3 is 2.50 bits per heavy atom. The molecule has 0 saturated carbocycles. The molecule has 0 aromatic heterocycles. The molecule has 2 atom stereocenters. The van der Waals surface area contributed by atoms with E-state index in [0.29, 0.717) is 13.0 Å². The zero-order valence-electron chi connectivity index (χ0n) is 11.7. The van der Waals surface area contributed by atoms with E-state index in [0.717, 1.165) is 15.6 Å². The van der Waals surface area contributed by atoms with E-state index in [4.69, 9.17) is 0 Å². The van der Waals surface area contributed by atoms with Crippen molar-refractivity contribution in [3.05, 3.63) is 33.4 Å². The first-order valence-electron chi connectivity index (χ1n) is 6.88. The third kappa shape index (κ3) is 3.31. The second-order valence-electron chi connectivity index (χ2n) is 5.13. The predicted octanol–water partition coefficient (Wildman–Crippen LogP) is 2.31. The molecule has 1 saturated heterocycles. The molecule has 2 amide bonds. The zero-order valence-corrected chi connectivity index (χ0v) is 13.9. The molecule has 1 aliphatic heterocycles. The lowest BCUT2D eigenvalue weighted by atomic mass is 10.0. The number of piperazine rings is 1. The van der Waals surface area contributed by atoms with Gasteiger partial charge in [-0.05, 0) is 53.6 Å². The number of carbonyl (C=O) groups excluding carboxylic acids is 2. The summed E-state index contributed by atoms with van der Waals surface area (Å²) < 4.78 is 1.16. The van der Waals surface area contributed by atoms with Crippen LogP contribution in [0.4, 0.5) is 0 Å². The van der Waals surface area contributed by atoms with Crippen LogP contribution in [-0.4, -0.2) is 28.8 Å². The first-order valence-corrected chi connectivity index (χ1v) is 7.96. The van der Waals surface area contributed by atoms with Crippen LogP contribution in [0.25, 0.3) is 0 Å². The highest BCUT2D eigenvalue weighted by Crippen LogP contribution is 2.18. The Hall–Kier alpha value is -1.11. The van der Waals surface area contributed by atoms with Crippen LogP contribution in [-0.2, 0) is 16.1 Å². The van der Waals surface area contributed by atoms with Crippen LogP contribution in [0.1, 0.15) is 32.3 Å². The number of amides is 2. The highest BCUT2D eigenvalue weighted by Gasteiger charge is 2.37. The molecule has 5 heteroatoms.